The van der Waals surface area contributed by atoms with Crippen molar-refractivity contribution < 1.29 is 8.42 Å². The van der Waals surface area contributed by atoms with Crippen molar-refractivity contribution in [1.82, 2.24) is 9.03 Å². The normalized spacial score (nSPS) is 29.9. The van der Waals surface area contributed by atoms with Crippen molar-refractivity contribution in [2.24, 2.45) is 11.7 Å². The molecule has 6 heteroatoms. The average Bonchev–Trinajstić information content (AvgIpc) is 2.24. The first-order valence-corrected chi connectivity index (χ1v) is 7.89. The molecule has 2 fully saturated rings. The Labute approximate surface area is 104 Å². The minimum Gasteiger partial charge on any atom is -0.324 e. The minimum atomic E-state index is -3.32. The van der Waals surface area contributed by atoms with E-state index in [-0.39, 0.29) is 5.54 Å². The predicted molar refractivity (Wildman–Crippen MR) is 67.7 cm³/mol. The van der Waals surface area contributed by atoms with Crippen LogP contribution in [-0.4, -0.2) is 37.9 Å². The van der Waals surface area contributed by atoms with Crippen LogP contribution < -0.4 is 10.5 Å². The summed E-state index contributed by atoms with van der Waals surface area (Å²) in [5, 5.41) is 0. The Morgan fingerprint density at radius 1 is 1.41 bits per heavy atom. The van der Waals surface area contributed by atoms with E-state index in [4.69, 9.17) is 5.73 Å². The summed E-state index contributed by atoms with van der Waals surface area (Å²) >= 11 is 0. The maximum absolute atomic E-state index is 12.1. The molecule has 0 aromatic rings. The van der Waals surface area contributed by atoms with Crippen LogP contribution in [0.1, 0.15) is 39.0 Å². The number of rotatable bonds is 4. The molecule has 1 heterocycles. The summed E-state index contributed by atoms with van der Waals surface area (Å²) in [6.45, 7) is 3.74. The highest BCUT2D eigenvalue weighted by molar-refractivity contribution is 7.87. The maximum atomic E-state index is 12.1. The van der Waals surface area contributed by atoms with E-state index < -0.39 is 10.2 Å². The molecule has 1 aliphatic carbocycles. The third-order valence-corrected chi connectivity index (χ3v) is 5.44. The number of nitrogens with two attached hydrogens (primary N) is 1. The fraction of sp³-hybridized carbons (Fsp3) is 1.00. The molecule has 0 spiro atoms. The Kier molecular flexibility index (Phi) is 3.77. The Balaban J connectivity index is 1.89. The van der Waals surface area contributed by atoms with Gasteiger partial charge in [-0.05, 0) is 38.0 Å². The molecule has 0 bridgehead atoms. The minimum absolute atomic E-state index is 0.297. The molecular formula is C11H23N3O2S. The molecule has 17 heavy (non-hydrogen) atoms. The van der Waals surface area contributed by atoms with Gasteiger partial charge in [-0.15, -0.1) is 0 Å². The molecule has 1 saturated heterocycles. The zero-order chi connectivity index (χ0) is 12.5. The van der Waals surface area contributed by atoms with Crippen molar-refractivity contribution in [2.45, 2.75) is 44.6 Å². The van der Waals surface area contributed by atoms with Crippen LogP contribution in [-0.2, 0) is 10.2 Å². The molecule has 3 N–H and O–H groups in total. The number of nitrogens with zero attached hydrogens (tertiary/aromatic N) is 1. The Hall–Kier alpha value is -0.170. The Morgan fingerprint density at radius 2 is 2.12 bits per heavy atom. The van der Waals surface area contributed by atoms with E-state index in [1.54, 1.807) is 4.31 Å². The predicted octanol–water partition coefficient (Wildman–Crippen LogP) is 0.434. The third-order valence-electron chi connectivity index (χ3n) is 3.92. The van der Waals surface area contributed by atoms with Crippen LogP contribution in [0, 0.1) is 5.92 Å². The quantitative estimate of drug-likeness (QED) is 0.771. The third kappa shape index (κ3) is 3.19. The molecule has 0 radical (unpaired) electrons. The summed E-state index contributed by atoms with van der Waals surface area (Å²) in [6, 6.07) is 0. The second kappa shape index (κ2) is 4.84. The summed E-state index contributed by atoms with van der Waals surface area (Å²) in [6.07, 6.45) is 5.03. The summed E-state index contributed by atoms with van der Waals surface area (Å²) in [5.41, 5.74) is 5.72. The van der Waals surface area contributed by atoms with E-state index in [1.165, 1.54) is 0 Å². The topological polar surface area (TPSA) is 75.4 Å². The zero-order valence-corrected chi connectivity index (χ0v) is 11.3. The van der Waals surface area contributed by atoms with Crippen LogP contribution in [0.5, 0.6) is 0 Å². The second-order valence-electron chi connectivity index (χ2n) is 5.65. The van der Waals surface area contributed by atoms with Gasteiger partial charge < -0.3 is 5.73 Å². The molecule has 100 valence electrons. The van der Waals surface area contributed by atoms with Crippen LogP contribution in [0.3, 0.4) is 0 Å². The molecule has 1 saturated carbocycles. The van der Waals surface area contributed by atoms with Crippen molar-refractivity contribution in [3.05, 3.63) is 0 Å². The second-order valence-corrected chi connectivity index (χ2v) is 7.40. The lowest BCUT2D eigenvalue weighted by molar-refractivity contribution is 0.243. The molecular weight excluding hydrogens is 238 g/mol. The molecule has 1 unspecified atom stereocenters. The van der Waals surface area contributed by atoms with Gasteiger partial charge in [-0.25, -0.2) is 4.72 Å². The van der Waals surface area contributed by atoms with Crippen molar-refractivity contribution in [1.29, 1.82) is 0 Å². The number of piperidine rings is 1. The first-order chi connectivity index (χ1) is 7.91. The van der Waals surface area contributed by atoms with Crippen molar-refractivity contribution in [2.75, 3.05) is 19.6 Å². The average molecular weight is 261 g/mol. The van der Waals surface area contributed by atoms with Gasteiger partial charge in [0.15, 0.2) is 0 Å². The van der Waals surface area contributed by atoms with Crippen molar-refractivity contribution in [3.8, 4) is 0 Å². The van der Waals surface area contributed by atoms with Gasteiger partial charge in [-0.1, -0.05) is 6.92 Å². The van der Waals surface area contributed by atoms with Crippen LogP contribution in [0.4, 0.5) is 0 Å². The standard InChI is InChI=1S/C11H23N3O2S/c1-10-4-2-7-14(8-10)17(15,16)13-9-11(12)5-3-6-11/h10,13H,2-9,12H2,1H3. The molecule has 1 aliphatic heterocycles. The maximum Gasteiger partial charge on any atom is 0.279 e. The fourth-order valence-corrected chi connectivity index (χ4v) is 3.97. The van der Waals surface area contributed by atoms with E-state index in [0.717, 1.165) is 32.1 Å². The Bertz CT molecular complexity index is 365. The Morgan fingerprint density at radius 3 is 2.65 bits per heavy atom. The van der Waals surface area contributed by atoms with Crippen LogP contribution in [0.2, 0.25) is 0 Å². The van der Waals surface area contributed by atoms with Gasteiger partial charge in [0.2, 0.25) is 0 Å². The lowest BCUT2D eigenvalue weighted by Gasteiger charge is -2.39. The summed E-state index contributed by atoms with van der Waals surface area (Å²) in [4.78, 5) is 0. The number of hydrogen-bond donors (Lipinski definition) is 2. The van der Waals surface area contributed by atoms with Crippen molar-refractivity contribution >= 4 is 10.2 Å². The summed E-state index contributed by atoms with van der Waals surface area (Å²) < 4.78 is 28.4. The highest BCUT2D eigenvalue weighted by Gasteiger charge is 2.35. The molecule has 0 aromatic carbocycles. The number of nitrogens with one attached hydrogen (secondary N) is 1. The molecule has 2 rings (SSSR count). The first kappa shape index (κ1) is 13.3. The highest BCUT2D eigenvalue weighted by atomic mass is 32.2. The van der Waals surface area contributed by atoms with Crippen LogP contribution >= 0.6 is 0 Å². The molecule has 5 nitrogen and oxygen atoms in total. The molecule has 0 amide bonds. The van der Waals surface area contributed by atoms with E-state index in [1.807, 2.05) is 0 Å². The molecule has 0 aromatic heterocycles. The van der Waals surface area contributed by atoms with E-state index in [2.05, 4.69) is 11.6 Å². The van der Waals surface area contributed by atoms with Gasteiger partial charge in [0, 0.05) is 25.2 Å². The largest absolute Gasteiger partial charge is 0.324 e. The van der Waals surface area contributed by atoms with Crippen LogP contribution in [0.15, 0.2) is 0 Å². The van der Waals surface area contributed by atoms with Gasteiger partial charge in [0.25, 0.3) is 10.2 Å². The van der Waals surface area contributed by atoms with E-state index in [0.29, 0.717) is 25.6 Å². The highest BCUT2D eigenvalue weighted by Crippen LogP contribution is 2.28. The van der Waals surface area contributed by atoms with Crippen molar-refractivity contribution in [3.63, 3.8) is 0 Å². The summed E-state index contributed by atoms with van der Waals surface area (Å²) in [7, 11) is -3.32. The molecule has 2 aliphatic rings. The number of hydrogen-bond acceptors (Lipinski definition) is 3. The SMILES string of the molecule is CC1CCCN(S(=O)(=O)NCC2(N)CCC2)C1. The van der Waals surface area contributed by atoms with E-state index in [9.17, 15) is 8.42 Å². The van der Waals surface area contributed by atoms with Gasteiger partial charge in [-0.3, -0.25) is 0 Å². The fourth-order valence-electron chi connectivity index (χ4n) is 2.50. The van der Waals surface area contributed by atoms with E-state index >= 15 is 0 Å². The monoisotopic (exact) mass is 261 g/mol. The smallest absolute Gasteiger partial charge is 0.279 e. The zero-order valence-electron chi connectivity index (χ0n) is 10.5. The van der Waals surface area contributed by atoms with Crippen LogP contribution in [0.25, 0.3) is 0 Å². The molecule has 1 atom stereocenters. The first-order valence-electron chi connectivity index (χ1n) is 6.45. The van der Waals surface area contributed by atoms with Gasteiger partial charge in [-0.2, -0.15) is 12.7 Å². The summed E-state index contributed by atoms with van der Waals surface area (Å²) in [5.74, 6) is 0.455. The van der Waals surface area contributed by atoms with Gasteiger partial charge >= 0.3 is 0 Å². The lowest BCUT2D eigenvalue weighted by atomic mass is 9.78. The van der Waals surface area contributed by atoms with Gasteiger partial charge in [0.1, 0.15) is 0 Å². The van der Waals surface area contributed by atoms with Gasteiger partial charge in [0.05, 0.1) is 0 Å². The lowest BCUT2D eigenvalue weighted by Crippen LogP contribution is -2.57.